The highest BCUT2D eigenvalue weighted by Gasteiger charge is 2.45. The number of carbonyl (C=O) groups is 1. The molecular formula is C10H20ClN3O. The second-order valence-electron chi connectivity index (χ2n) is 4.51. The van der Waals surface area contributed by atoms with Crippen LogP contribution in [0.5, 0.6) is 0 Å². The third-order valence-electron chi connectivity index (χ3n) is 3.16. The largest absolute Gasteiger partial charge is 0.353 e. The molecule has 1 saturated carbocycles. The molecule has 1 heterocycles. The van der Waals surface area contributed by atoms with Gasteiger partial charge in [0.2, 0.25) is 5.91 Å². The molecule has 4 nitrogen and oxygen atoms in total. The van der Waals surface area contributed by atoms with Crippen LogP contribution in [0.25, 0.3) is 0 Å². The molecule has 0 aromatic rings. The van der Waals surface area contributed by atoms with E-state index in [0.29, 0.717) is 6.04 Å². The van der Waals surface area contributed by atoms with Crippen molar-refractivity contribution in [1.29, 1.82) is 0 Å². The van der Waals surface area contributed by atoms with Crippen molar-refractivity contribution < 1.29 is 4.79 Å². The summed E-state index contributed by atoms with van der Waals surface area (Å²) in [6.07, 6.45) is 5.37. The van der Waals surface area contributed by atoms with E-state index in [0.717, 1.165) is 32.4 Å². The summed E-state index contributed by atoms with van der Waals surface area (Å²) in [5, 5.41) is 6.32. The monoisotopic (exact) mass is 233 g/mol. The molecule has 1 atom stereocenters. The van der Waals surface area contributed by atoms with Crippen LogP contribution in [0.2, 0.25) is 0 Å². The van der Waals surface area contributed by atoms with E-state index in [2.05, 4.69) is 10.6 Å². The minimum Gasteiger partial charge on any atom is -0.353 e. The van der Waals surface area contributed by atoms with Gasteiger partial charge in [-0.05, 0) is 32.2 Å². The lowest BCUT2D eigenvalue weighted by Gasteiger charge is -2.24. The van der Waals surface area contributed by atoms with Gasteiger partial charge in [0, 0.05) is 12.6 Å². The fraction of sp³-hybridized carbons (Fsp3) is 0.900. The van der Waals surface area contributed by atoms with Gasteiger partial charge in [-0.2, -0.15) is 0 Å². The number of halogens is 1. The second-order valence-corrected chi connectivity index (χ2v) is 4.51. The van der Waals surface area contributed by atoms with Crippen LogP contribution in [0.1, 0.15) is 32.1 Å². The van der Waals surface area contributed by atoms with Crippen molar-refractivity contribution in [2.24, 2.45) is 5.73 Å². The summed E-state index contributed by atoms with van der Waals surface area (Å²) < 4.78 is 0. The Labute approximate surface area is 96.8 Å². The fourth-order valence-corrected chi connectivity index (χ4v) is 1.85. The van der Waals surface area contributed by atoms with E-state index in [-0.39, 0.29) is 18.3 Å². The molecule has 2 fully saturated rings. The minimum atomic E-state index is -0.519. The lowest BCUT2D eigenvalue weighted by atomic mass is 10.1. The van der Waals surface area contributed by atoms with E-state index in [1.165, 1.54) is 12.8 Å². The lowest BCUT2D eigenvalue weighted by molar-refractivity contribution is -0.123. The van der Waals surface area contributed by atoms with Crippen molar-refractivity contribution >= 4 is 18.3 Å². The molecule has 4 N–H and O–H groups in total. The highest BCUT2D eigenvalue weighted by atomic mass is 35.5. The maximum atomic E-state index is 11.5. The van der Waals surface area contributed by atoms with Crippen LogP contribution in [0.3, 0.4) is 0 Å². The minimum absolute atomic E-state index is 0. The van der Waals surface area contributed by atoms with E-state index >= 15 is 0 Å². The molecule has 0 spiro atoms. The summed E-state index contributed by atoms with van der Waals surface area (Å²) in [5.74, 6) is 0.0323. The van der Waals surface area contributed by atoms with Gasteiger partial charge in [0.15, 0.2) is 0 Å². The van der Waals surface area contributed by atoms with Crippen molar-refractivity contribution in [2.45, 2.75) is 43.7 Å². The first-order valence-corrected chi connectivity index (χ1v) is 5.51. The predicted molar refractivity (Wildman–Crippen MR) is 62.1 cm³/mol. The van der Waals surface area contributed by atoms with Gasteiger partial charge in [0.1, 0.15) is 0 Å². The lowest BCUT2D eigenvalue weighted by Crippen LogP contribution is -2.49. The number of hydrogen-bond acceptors (Lipinski definition) is 3. The molecule has 0 bridgehead atoms. The first-order valence-electron chi connectivity index (χ1n) is 5.51. The summed E-state index contributed by atoms with van der Waals surface area (Å²) in [5.41, 5.74) is 5.25. The molecular weight excluding hydrogens is 214 g/mol. The van der Waals surface area contributed by atoms with Gasteiger partial charge in [-0.1, -0.05) is 6.42 Å². The first-order chi connectivity index (χ1) is 6.71. The molecule has 1 aliphatic carbocycles. The van der Waals surface area contributed by atoms with E-state index in [4.69, 9.17) is 5.73 Å². The van der Waals surface area contributed by atoms with Crippen LogP contribution in [0.4, 0.5) is 0 Å². The van der Waals surface area contributed by atoms with Gasteiger partial charge in [-0.25, -0.2) is 0 Å². The number of amides is 1. The molecule has 0 aromatic heterocycles. The SMILES string of the molecule is Cl.NC1(C(=O)NCC2CCCCN2)CC1. The molecule has 5 heteroatoms. The summed E-state index contributed by atoms with van der Waals surface area (Å²) >= 11 is 0. The average molecular weight is 234 g/mol. The molecule has 0 radical (unpaired) electrons. The first kappa shape index (κ1) is 12.7. The maximum Gasteiger partial charge on any atom is 0.240 e. The number of rotatable bonds is 3. The third kappa shape index (κ3) is 3.33. The van der Waals surface area contributed by atoms with Crippen LogP contribution in [0.15, 0.2) is 0 Å². The highest BCUT2D eigenvalue weighted by Crippen LogP contribution is 2.32. The highest BCUT2D eigenvalue weighted by molar-refractivity contribution is 5.88. The average Bonchev–Trinajstić information content (AvgIpc) is 2.96. The van der Waals surface area contributed by atoms with Gasteiger partial charge in [0.25, 0.3) is 0 Å². The Morgan fingerprint density at radius 3 is 2.73 bits per heavy atom. The zero-order chi connectivity index (χ0) is 10.0. The standard InChI is InChI=1S/C10H19N3O.ClH/c11-10(4-5-10)9(14)13-7-8-3-1-2-6-12-8;/h8,12H,1-7,11H2,(H,13,14);1H. The zero-order valence-corrected chi connectivity index (χ0v) is 9.74. The van der Waals surface area contributed by atoms with Crippen LogP contribution in [-0.4, -0.2) is 30.6 Å². The predicted octanol–water partition coefficient (Wildman–Crippen LogP) is 0.158. The third-order valence-corrected chi connectivity index (χ3v) is 3.16. The van der Waals surface area contributed by atoms with E-state index < -0.39 is 5.54 Å². The van der Waals surface area contributed by atoms with Crippen LogP contribution in [-0.2, 0) is 4.79 Å². The van der Waals surface area contributed by atoms with Crippen LogP contribution in [0, 0.1) is 0 Å². The smallest absolute Gasteiger partial charge is 0.240 e. The molecule has 1 unspecified atom stereocenters. The Bertz CT molecular complexity index is 225. The number of hydrogen-bond donors (Lipinski definition) is 3. The zero-order valence-electron chi connectivity index (χ0n) is 8.92. The number of nitrogens with one attached hydrogen (secondary N) is 2. The van der Waals surface area contributed by atoms with Crippen molar-refractivity contribution in [3.63, 3.8) is 0 Å². The topological polar surface area (TPSA) is 67.2 Å². The Morgan fingerprint density at radius 1 is 1.47 bits per heavy atom. The Morgan fingerprint density at radius 2 is 2.20 bits per heavy atom. The molecule has 2 rings (SSSR count). The van der Waals surface area contributed by atoms with Gasteiger partial charge < -0.3 is 16.4 Å². The Balaban J connectivity index is 0.00000112. The normalized spacial score (nSPS) is 27.7. The Kier molecular flexibility index (Phi) is 4.37. The van der Waals surface area contributed by atoms with E-state index in [9.17, 15) is 4.79 Å². The van der Waals surface area contributed by atoms with Gasteiger partial charge in [-0.15, -0.1) is 12.4 Å². The second kappa shape index (κ2) is 5.14. The van der Waals surface area contributed by atoms with Crippen LogP contribution < -0.4 is 16.4 Å². The molecule has 15 heavy (non-hydrogen) atoms. The number of nitrogens with two attached hydrogens (primary N) is 1. The van der Waals surface area contributed by atoms with Crippen molar-refractivity contribution in [2.75, 3.05) is 13.1 Å². The summed E-state index contributed by atoms with van der Waals surface area (Å²) in [6, 6.07) is 0.454. The fourth-order valence-electron chi connectivity index (χ4n) is 1.85. The Hall–Kier alpha value is -0.320. The summed E-state index contributed by atoms with van der Waals surface area (Å²) in [6.45, 7) is 1.81. The van der Waals surface area contributed by atoms with Crippen molar-refractivity contribution in [3.8, 4) is 0 Å². The van der Waals surface area contributed by atoms with Gasteiger partial charge in [0.05, 0.1) is 5.54 Å². The van der Waals surface area contributed by atoms with Crippen LogP contribution >= 0.6 is 12.4 Å². The quantitative estimate of drug-likeness (QED) is 0.651. The molecule has 1 aliphatic heterocycles. The van der Waals surface area contributed by atoms with Gasteiger partial charge in [-0.3, -0.25) is 4.79 Å². The molecule has 1 saturated heterocycles. The van der Waals surface area contributed by atoms with E-state index in [1.807, 2.05) is 0 Å². The van der Waals surface area contributed by atoms with Crippen molar-refractivity contribution in [1.82, 2.24) is 10.6 Å². The number of piperidine rings is 1. The maximum absolute atomic E-state index is 11.5. The van der Waals surface area contributed by atoms with Gasteiger partial charge >= 0.3 is 0 Å². The summed E-state index contributed by atoms with van der Waals surface area (Å²) in [4.78, 5) is 11.5. The molecule has 88 valence electrons. The number of carbonyl (C=O) groups excluding carboxylic acids is 1. The molecule has 1 amide bonds. The molecule has 0 aromatic carbocycles. The summed E-state index contributed by atoms with van der Waals surface area (Å²) in [7, 11) is 0. The molecule has 2 aliphatic rings. The van der Waals surface area contributed by atoms with E-state index in [1.54, 1.807) is 0 Å². The van der Waals surface area contributed by atoms with Crippen molar-refractivity contribution in [3.05, 3.63) is 0 Å².